The van der Waals surface area contributed by atoms with Crippen LogP contribution >= 0.6 is 15.9 Å². The Morgan fingerprint density at radius 1 is 1.46 bits per heavy atom. The molecule has 78 valence electrons. The zero-order chi connectivity index (χ0) is 9.90. The van der Waals surface area contributed by atoms with Crippen molar-refractivity contribution in [2.75, 3.05) is 11.9 Å². The summed E-state index contributed by atoms with van der Waals surface area (Å²) in [6.07, 6.45) is 4.41. The molecule has 1 atom stereocenters. The van der Waals surface area contributed by atoms with Gasteiger partial charge in [0.1, 0.15) is 0 Å². The molecule has 0 spiro atoms. The first-order valence-corrected chi connectivity index (χ1v) is 6.38. The van der Waals surface area contributed by atoms with Gasteiger partial charge in [-0.2, -0.15) is 0 Å². The predicted molar refractivity (Wildman–Crippen MR) is 60.3 cm³/mol. The van der Waals surface area contributed by atoms with Gasteiger partial charge in [0, 0.05) is 11.9 Å². The molecule has 1 rings (SSSR count). The van der Waals surface area contributed by atoms with E-state index in [0.29, 0.717) is 11.5 Å². The summed E-state index contributed by atoms with van der Waals surface area (Å²) in [5.41, 5.74) is 0.481. The quantitative estimate of drug-likeness (QED) is 0.653. The van der Waals surface area contributed by atoms with E-state index in [-0.39, 0.29) is 0 Å². The van der Waals surface area contributed by atoms with E-state index < -0.39 is 0 Å². The fourth-order valence-electron chi connectivity index (χ4n) is 1.69. The van der Waals surface area contributed by atoms with Gasteiger partial charge in [-0.25, -0.2) is 0 Å². The molecule has 0 N–H and O–H groups in total. The molecule has 0 saturated heterocycles. The van der Waals surface area contributed by atoms with Gasteiger partial charge in [0.15, 0.2) is 0 Å². The Balaban J connectivity index is 2.23. The first-order valence-electron chi connectivity index (χ1n) is 5.26. The second-order valence-corrected chi connectivity index (χ2v) is 5.29. The average molecular weight is 249 g/mol. The molecule has 0 radical (unpaired) electrons. The first-order chi connectivity index (χ1) is 6.08. The lowest BCUT2D eigenvalue weighted by molar-refractivity contribution is 0.0544. The number of halogens is 1. The predicted octanol–water partition coefficient (Wildman–Crippen LogP) is 3.61. The van der Waals surface area contributed by atoms with Gasteiger partial charge in [0.05, 0.1) is 6.10 Å². The van der Waals surface area contributed by atoms with Gasteiger partial charge in [-0.15, -0.1) is 0 Å². The summed E-state index contributed by atoms with van der Waals surface area (Å²) >= 11 is 3.62. The smallest absolute Gasteiger partial charge is 0.0518 e. The van der Waals surface area contributed by atoms with E-state index in [1.165, 1.54) is 19.3 Å². The second kappa shape index (κ2) is 4.79. The highest BCUT2D eigenvalue weighted by atomic mass is 79.9. The molecule has 1 nitrogen and oxygen atoms in total. The van der Waals surface area contributed by atoms with E-state index >= 15 is 0 Å². The maximum absolute atomic E-state index is 5.60. The van der Waals surface area contributed by atoms with Crippen molar-refractivity contribution in [3.05, 3.63) is 0 Å². The van der Waals surface area contributed by atoms with Gasteiger partial charge in [-0.1, -0.05) is 22.9 Å². The van der Waals surface area contributed by atoms with Crippen LogP contribution in [0, 0.1) is 11.3 Å². The summed E-state index contributed by atoms with van der Waals surface area (Å²) in [6, 6.07) is 0. The van der Waals surface area contributed by atoms with Crippen molar-refractivity contribution in [1.29, 1.82) is 0 Å². The molecule has 1 aliphatic rings. The van der Waals surface area contributed by atoms with Gasteiger partial charge < -0.3 is 4.74 Å². The molecule has 0 amide bonds. The third-order valence-corrected chi connectivity index (χ3v) is 4.27. The van der Waals surface area contributed by atoms with Crippen LogP contribution in [0.3, 0.4) is 0 Å². The molecule has 0 aromatic rings. The molecule has 0 aliphatic heterocycles. The van der Waals surface area contributed by atoms with Gasteiger partial charge >= 0.3 is 0 Å². The lowest BCUT2D eigenvalue weighted by Gasteiger charge is -2.27. The number of hydrogen-bond acceptors (Lipinski definition) is 1. The maximum atomic E-state index is 5.60. The molecule has 0 bridgehead atoms. The summed E-state index contributed by atoms with van der Waals surface area (Å²) in [6.45, 7) is 7.49. The standard InChI is InChI=1S/C11H21BrO/c1-9(2)13-7-6-11(3,8-12)10-4-5-10/h9-10H,4-8H2,1-3H3. The Kier molecular flexibility index (Phi) is 4.24. The largest absolute Gasteiger partial charge is 0.379 e. The van der Waals surface area contributed by atoms with Gasteiger partial charge in [0.2, 0.25) is 0 Å². The minimum atomic E-state index is 0.374. The van der Waals surface area contributed by atoms with Crippen LogP contribution in [0.25, 0.3) is 0 Å². The number of ether oxygens (including phenoxy) is 1. The van der Waals surface area contributed by atoms with E-state index in [4.69, 9.17) is 4.74 Å². The Morgan fingerprint density at radius 3 is 2.46 bits per heavy atom. The maximum Gasteiger partial charge on any atom is 0.0518 e. The van der Waals surface area contributed by atoms with Gasteiger partial charge in [-0.3, -0.25) is 0 Å². The molecular weight excluding hydrogens is 228 g/mol. The number of hydrogen-bond donors (Lipinski definition) is 0. The van der Waals surface area contributed by atoms with Crippen molar-refractivity contribution < 1.29 is 4.74 Å². The van der Waals surface area contributed by atoms with E-state index in [0.717, 1.165) is 17.9 Å². The van der Waals surface area contributed by atoms with Crippen LogP contribution in [-0.2, 0) is 4.74 Å². The molecule has 13 heavy (non-hydrogen) atoms. The Bertz CT molecular complexity index is 154. The highest BCUT2D eigenvalue weighted by Gasteiger charge is 2.40. The first kappa shape index (κ1) is 11.5. The molecule has 1 saturated carbocycles. The summed E-state index contributed by atoms with van der Waals surface area (Å²) in [5, 5.41) is 1.12. The lowest BCUT2D eigenvalue weighted by atomic mass is 9.84. The summed E-state index contributed by atoms with van der Waals surface area (Å²) < 4.78 is 5.60. The average Bonchev–Trinajstić information content (AvgIpc) is 2.85. The van der Waals surface area contributed by atoms with Gasteiger partial charge in [0.25, 0.3) is 0 Å². The lowest BCUT2D eigenvalue weighted by Crippen LogP contribution is -2.24. The monoisotopic (exact) mass is 248 g/mol. The van der Waals surface area contributed by atoms with Crippen LogP contribution in [0.5, 0.6) is 0 Å². The normalized spacial score (nSPS) is 21.9. The second-order valence-electron chi connectivity index (χ2n) is 4.73. The van der Waals surface area contributed by atoms with Crippen LogP contribution in [0.1, 0.15) is 40.0 Å². The van der Waals surface area contributed by atoms with Crippen LogP contribution in [0.15, 0.2) is 0 Å². The Hall–Kier alpha value is 0.440. The SMILES string of the molecule is CC(C)OCCC(C)(CBr)C1CC1. The van der Waals surface area contributed by atoms with Crippen molar-refractivity contribution in [3.63, 3.8) is 0 Å². The number of alkyl halides is 1. The molecule has 1 unspecified atom stereocenters. The van der Waals surface area contributed by atoms with Crippen molar-refractivity contribution in [2.24, 2.45) is 11.3 Å². The van der Waals surface area contributed by atoms with Crippen molar-refractivity contribution in [1.82, 2.24) is 0 Å². The highest BCUT2D eigenvalue weighted by Crippen LogP contribution is 2.48. The minimum absolute atomic E-state index is 0.374. The molecular formula is C11H21BrO. The fraction of sp³-hybridized carbons (Fsp3) is 1.00. The molecule has 0 heterocycles. The van der Waals surface area contributed by atoms with E-state index in [9.17, 15) is 0 Å². The molecule has 2 heteroatoms. The summed E-state index contributed by atoms with van der Waals surface area (Å²) in [5.74, 6) is 0.947. The third kappa shape index (κ3) is 3.59. The highest BCUT2D eigenvalue weighted by molar-refractivity contribution is 9.09. The zero-order valence-corrected chi connectivity index (χ0v) is 10.6. The summed E-state index contributed by atoms with van der Waals surface area (Å²) in [4.78, 5) is 0. The molecule has 1 aliphatic carbocycles. The van der Waals surface area contributed by atoms with Gasteiger partial charge in [-0.05, 0) is 44.4 Å². The molecule has 0 aromatic heterocycles. The Labute approximate surface area is 90.4 Å². The van der Waals surface area contributed by atoms with Crippen LogP contribution in [0.2, 0.25) is 0 Å². The third-order valence-electron chi connectivity index (χ3n) is 2.99. The minimum Gasteiger partial charge on any atom is -0.379 e. The summed E-state index contributed by atoms with van der Waals surface area (Å²) in [7, 11) is 0. The number of rotatable bonds is 6. The van der Waals surface area contributed by atoms with Crippen molar-refractivity contribution in [2.45, 2.75) is 46.1 Å². The van der Waals surface area contributed by atoms with Crippen LogP contribution < -0.4 is 0 Å². The Morgan fingerprint density at radius 2 is 2.08 bits per heavy atom. The van der Waals surface area contributed by atoms with Crippen LogP contribution in [0.4, 0.5) is 0 Å². The molecule has 0 aromatic carbocycles. The zero-order valence-electron chi connectivity index (χ0n) is 8.98. The van der Waals surface area contributed by atoms with E-state index in [2.05, 4.69) is 36.7 Å². The van der Waals surface area contributed by atoms with Crippen LogP contribution in [-0.4, -0.2) is 18.0 Å². The van der Waals surface area contributed by atoms with Crippen molar-refractivity contribution in [3.8, 4) is 0 Å². The topological polar surface area (TPSA) is 9.23 Å². The van der Waals surface area contributed by atoms with E-state index in [1.54, 1.807) is 0 Å². The van der Waals surface area contributed by atoms with Crippen molar-refractivity contribution >= 4 is 15.9 Å². The fourth-order valence-corrected chi connectivity index (χ4v) is 2.43. The molecule has 1 fully saturated rings. The van der Waals surface area contributed by atoms with E-state index in [1.807, 2.05) is 0 Å².